The second kappa shape index (κ2) is 8.28. The van der Waals surface area contributed by atoms with E-state index < -0.39 is 0 Å². The topological polar surface area (TPSA) is 12.9 Å². The number of nitrogens with zero attached hydrogens (tertiary/aromatic N) is 1. The Hall–Kier alpha value is -0.890. The maximum absolute atomic E-state index is 4.13. The number of fused-ring (bicyclic) bond motifs is 1. The fourth-order valence-electron chi connectivity index (χ4n) is 1.36. The van der Waals surface area contributed by atoms with Crippen LogP contribution in [-0.2, 0) is 0 Å². The fourth-order valence-corrected chi connectivity index (χ4v) is 2.05. The summed E-state index contributed by atoms with van der Waals surface area (Å²) in [4.78, 5) is 4.13. The minimum atomic E-state index is 1.14. The van der Waals surface area contributed by atoms with Crippen molar-refractivity contribution < 1.29 is 0 Å². The summed E-state index contributed by atoms with van der Waals surface area (Å²) in [6.45, 7) is 10.1. The molecule has 0 bridgehead atoms. The van der Waals surface area contributed by atoms with E-state index in [9.17, 15) is 0 Å². The highest BCUT2D eigenvalue weighted by Gasteiger charge is 1.99. The zero-order chi connectivity index (χ0) is 12.6. The average molecular weight is 282 g/mol. The highest BCUT2D eigenvalue weighted by atomic mass is 79.9. The van der Waals surface area contributed by atoms with Gasteiger partial charge in [-0.15, -0.1) is 0 Å². The number of benzene rings is 1. The van der Waals surface area contributed by atoms with Gasteiger partial charge in [-0.1, -0.05) is 55.8 Å². The second-order valence-corrected chi connectivity index (χ2v) is 3.65. The van der Waals surface area contributed by atoms with Crippen molar-refractivity contribution in [3.8, 4) is 0 Å². The van der Waals surface area contributed by atoms with E-state index in [1.165, 1.54) is 16.3 Å². The van der Waals surface area contributed by atoms with E-state index in [1.807, 2.05) is 46.2 Å². The van der Waals surface area contributed by atoms with E-state index in [1.54, 1.807) is 0 Å². The van der Waals surface area contributed by atoms with Crippen molar-refractivity contribution in [3.63, 3.8) is 0 Å². The van der Waals surface area contributed by atoms with E-state index in [4.69, 9.17) is 0 Å². The molecule has 88 valence electrons. The molecule has 1 aromatic heterocycles. The molecule has 0 aliphatic heterocycles. The number of aromatic nitrogens is 1. The molecular weight excluding hydrogens is 262 g/mol. The molecule has 16 heavy (non-hydrogen) atoms. The van der Waals surface area contributed by atoms with Crippen molar-refractivity contribution >= 4 is 26.7 Å². The second-order valence-electron chi connectivity index (χ2n) is 2.79. The van der Waals surface area contributed by atoms with Gasteiger partial charge in [-0.05, 0) is 18.6 Å². The van der Waals surface area contributed by atoms with Gasteiger partial charge < -0.3 is 0 Å². The molecule has 2 rings (SSSR count). The van der Waals surface area contributed by atoms with Crippen LogP contribution in [0.15, 0.2) is 35.1 Å². The minimum Gasteiger partial charge on any atom is -0.264 e. The van der Waals surface area contributed by atoms with Gasteiger partial charge in [0.15, 0.2) is 0 Å². The standard InChI is InChI=1S/C10H8BrN.2C2H6/c1-7-5-12-6-8-3-2-4-9(11)10(7)8;2*1-2/h2-6H,1H3;2*1-2H3. The number of hydrogen-bond acceptors (Lipinski definition) is 1. The minimum absolute atomic E-state index is 1.14. The van der Waals surface area contributed by atoms with E-state index >= 15 is 0 Å². The first-order valence-corrected chi connectivity index (χ1v) is 6.57. The largest absolute Gasteiger partial charge is 0.264 e. The van der Waals surface area contributed by atoms with Crippen LogP contribution in [0.3, 0.4) is 0 Å². The zero-order valence-corrected chi connectivity index (χ0v) is 12.3. The number of pyridine rings is 1. The Balaban J connectivity index is 0.000000509. The van der Waals surface area contributed by atoms with Gasteiger partial charge in [-0.3, -0.25) is 4.98 Å². The van der Waals surface area contributed by atoms with Crippen LogP contribution in [0.4, 0.5) is 0 Å². The zero-order valence-electron chi connectivity index (χ0n) is 10.7. The van der Waals surface area contributed by atoms with Crippen LogP contribution in [0.5, 0.6) is 0 Å². The third-order valence-corrected chi connectivity index (χ3v) is 2.58. The summed E-state index contributed by atoms with van der Waals surface area (Å²) in [6.07, 6.45) is 3.76. The molecule has 1 aromatic carbocycles. The third-order valence-electron chi connectivity index (χ3n) is 1.92. The summed E-state index contributed by atoms with van der Waals surface area (Å²) in [5.74, 6) is 0. The molecule has 1 nitrogen and oxygen atoms in total. The molecule has 0 aliphatic rings. The normalized spacial score (nSPS) is 8.62. The molecule has 2 heteroatoms. The molecule has 0 fully saturated rings. The van der Waals surface area contributed by atoms with Crippen LogP contribution in [0, 0.1) is 6.92 Å². The summed E-state index contributed by atoms with van der Waals surface area (Å²) in [5.41, 5.74) is 1.21. The van der Waals surface area contributed by atoms with Crippen molar-refractivity contribution in [1.82, 2.24) is 4.98 Å². The smallest absolute Gasteiger partial charge is 0.0346 e. The number of hydrogen-bond donors (Lipinski definition) is 0. The summed E-state index contributed by atoms with van der Waals surface area (Å²) >= 11 is 3.52. The lowest BCUT2D eigenvalue weighted by molar-refractivity contribution is 1.31. The van der Waals surface area contributed by atoms with Gasteiger partial charge in [0.05, 0.1) is 0 Å². The lowest BCUT2D eigenvalue weighted by atomic mass is 10.1. The number of rotatable bonds is 0. The molecule has 0 radical (unpaired) electrons. The predicted molar refractivity (Wildman–Crippen MR) is 76.9 cm³/mol. The van der Waals surface area contributed by atoms with Gasteiger partial charge in [0, 0.05) is 27.6 Å². The lowest BCUT2D eigenvalue weighted by Crippen LogP contribution is -1.81. The Morgan fingerprint density at radius 3 is 2.19 bits per heavy atom. The Labute approximate surface area is 107 Å². The van der Waals surface area contributed by atoms with E-state index in [0.29, 0.717) is 0 Å². The molecule has 2 aromatic rings. The van der Waals surface area contributed by atoms with Gasteiger partial charge >= 0.3 is 0 Å². The first-order chi connectivity index (χ1) is 7.79. The predicted octanol–water partition coefficient (Wildman–Crippen LogP) is 5.36. The summed E-state index contributed by atoms with van der Waals surface area (Å²) < 4.78 is 1.14. The molecule has 0 spiro atoms. The van der Waals surface area contributed by atoms with Crippen LogP contribution in [0.1, 0.15) is 33.3 Å². The van der Waals surface area contributed by atoms with Gasteiger partial charge in [0.1, 0.15) is 0 Å². The SMILES string of the molecule is CC.CC.Cc1cncc2cccc(Br)c12. The van der Waals surface area contributed by atoms with Crippen molar-refractivity contribution in [3.05, 3.63) is 40.6 Å². The Morgan fingerprint density at radius 1 is 1.00 bits per heavy atom. The van der Waals surface area contributed by atoms with Crippen LogP contribution >= 0.6 is 15.9 Å². The Kier molecular flexibility index (Phi) is 7.82. The monoisotopic (exact) mass is 281 g/mol. The third kappa shape index (κ3) is 3.60. The summed E-state index contributed by atoms with van der Waals surface area (Å²) in [6, 6.07) is 6.14. The van der Waals surface area contributed by atoms with E-state index in [-0.39, 0.29) is 0 Å². The molecule has 0 N–H and O–H groups in total. The van der Waals surface area contributed by atoms with Gasteiger partial charge in [-0.25, -0.2) is 0 Å². The summed E-state index contributed by atoms with van der Waals surface area (Å²) in [7, 11) is 0. The number of halogens is 1. The maximum atomic E-state index is 4.13. The molecule has 0 amide bonds. The van der Waals surface area contributed by atoms with Gasteiger partial charge in [-0.2, -0.15) is 0 Å². The molecule has 1 heterocycles. The number of aryl methyl sites for hydroxylation is 1. The average Bonchev–Trinajstić information content (AvgIpc) is 2.34. The van der Waals surface area contributed by atoms with Gasteiger partial charge in [0.25, 0.3) is 0 Å². The van der Waals surface area contributed by atoms with Crippen LogP contribution in [-0.4, -0.2) is 4.98 Å². The van der Waals surface area contributed by atoms with E-state index in [2.05, 4.69) is 40.0 Å². The molecule has 0 aliphatic carbocycles. The molecule has 0 saturated carbocycles. The first-order valence-electron chi connectivity index (χ1n) is 5.78. The molecule has 0 atom stereocenters. The quantitative estimate of drug-likeness (QED) is 0.634. The molecule has 0 saturated heterocycles. The van der Waals surface area contributed by atoms with Crippen molar-refractivity contribution in [2.45, 2.75) is 34.6 Å². The highest BCUT2D eigenvalue weighted by Crippen LogP contribution is 2.25. The fraction of sp³-hybridized carbons (Fsp3) is 0.357. The Bertz CT molecular complexity index is 387. The van der Waals surface area contributed by atoms with Crippen LogP contribution in [0.25, 0.3) is 10.8 Å². The first kappa shape index (κ1) is 15.1. The summed E-state index contributed by atoms with van der Waals surface area (Å²) in [5, 5.41) is 2.44. The lowest BCUT2D eigenvalue weighted by Gasteiger charge is -2.02. The molecular formula is C14H20BrN. The maximum Gasteiger partial charge on any atom is 0.0346 e. The Morgan fingerprint density at radius 2 is 1.62 bits per heavy atom. The molecule has 0 unspecified atom stereocenters. The highest BCUT2D eigenvalue weighted by molar-refractivity contribution is 9.10. The van der Waals surface area contributed by atoms with Crippen LogP contribution < -0.4 is 0 Å². The van der Waals surface area contributed by atoms with Crippen LogP contribution in [0.2, 0.25) is 0 Å². The van der Waals surface area contributed by atoms with Gasteiger partial charge in [0.2, 0.25) is 0 Å². The van der Waals surface area contributed by atoms with Crippen molar-refractivity contribution in [2.24, 2.45) is 0 Å². The van der Waals surface area contributed by atoms with Crippen molar-refractivity contribution in [2.75, 3.05) is 0 Å². The van der Waals surface area contributed by atoms with Crippen molar-refractivity contribution in [1.29, 1.82) is 0 Å². The van der Waals surface area contributed by atoms with E-state index in [0.717, 1.165) is 4.47 Å².